The third kappa shape index (κ3) is 2.80. The van der Waals surface area contributed by atoms with Crippen LogP contribution in [0.1, 0.15) is 36.5 Å². The number of piperazine rings is 1. The Hall–Kier alpha value is -1.84. The van der Waals surface area contributed by atoms with Crippen molar-refractivity contribution in [3.05, 3.63) is 34.9 Å². The first-order chi connectivity index (χ1) is 10.2. The lowest BCUT2D eigenvalue weighted by Gasteiger charge is -2.34. The number of nitrogens with zero attached hydrogens (tertiary/aromatic N) is 1. The van der Waals surface area contributed by atoms with Gasteiger partial charge in [-0.25, -0.2) is 0 Å². The van der Waals surface area contributed by atoms with Crippen molar-refractivity contribution in [2.75, 3.05) is 13.1 Å². The van der Waals surface area contributed by atoms with E-state index in [4.69, 9.17) is 0 Å². The standard InChI is InChI=1S/C17H22N2O2/c1-2-15-17(21)18-8-9-19(15)16(20)11-12-6-7-13-4-3-5-14(13)10-12/h6-7,10,15H,2-5,8-9,11H2,1H3,(H,18,21). The molecule has 1 saturated heterocycles. The van der Waals surface area contributed by atoms with Crippen LogP contribution in [0.2, 0.25) is 0 Å². The number of carbonyl (C=O) groups excluding carboxylic acids is 2. The van der Waals surface area contributed by atoms with E-state index >= 15 is 0 Å². The summed E-state index contributed by atoms with van der Waals surface area (Å²) in [7, 11) is 0. The van der Waals surface area contributed by atoms with Crippen LogP contribution in [-0.2, 0) is 28.9 Å². The molecule has 1 aliphatic carbocycles. The second-order valence-electron chi connectivity index (χ2n) is 5.94. The second kappa shape index (κ2) is 5.88. The van der Waals surface area contributed by atoms with Gasteiger partial charge in [0.25, 0.3) is 0 Å². The van der Waals surface area contributed by atoms with Crippen LogP contribution < -0.4 is 5.32 Å². The maximum atomic E-state index is 12.5. The molecule has 1 aromatic carbocycles. The summed E-state index contributed by atoms with van der Waals surface area (Å²) in [5.41, 5.74) is 3.89. The van der Waals surface area contributed by atoms with Crippen molar-refractivity contribution >= 4 is 11.8 Å². The Morgan fingerprint density at radius 1 is 1.33 bits per heavy atom. The van der Waals surface area contributed by atoms with E-state index in [0.717, 1.165) is 18.4 Å². The van der Waals surface area contributed by atoms with Gasteiger partial charge in [0.2, 0.25) is 11.8 Å². The van der Waals surface area contributed by atoms with Crippen LogP contribution in [0.25, 0.3) is 0 Å². The molecule has 2 amide bonds. The molecule has 1 N–H and O–H groups in total. The molecular formula is C17H22N2O2. The molecule has 1 unspecified atom stereocenters. The quantitative estimate of drug-likeness (QED) is 0.914. The lowest BCUT2D eigenvalue weighted by molar-refractivity contribution is -0.142. The number of benzene rings is 1. The van der Waals surface area contributed by atoms with Gasteiger partial charge < -0.3 is 10.2 Å². The van der Waals surface area contributed by atoms with Gasteiger partial charge in [0.05, 0.1) is 6.42 Å². The van der Waals surface area contributed by atoms with Crippen molar-refractivity contribution in [1.29, 1.82) is 0 Å². The fourth-order valence-electron chi connectivity index (χ4n) is 3.43. The third-order valence-electron chi connectivity index (χ3n) is 4.56. The van der Waals surface area contributed by atoms with Crippen LogP contribution in [0.15, 0.2) is 18.2 Å². The number of hydrogen-bond donors (Lipinski definition) is 1. The molecule has 0 bridgehead atoms. The van der Waals surface area contributed by atoms with Crippen LogP contribution in [-0.4, -0.2) is 35.8 Å². The molecule has 4 nitrogen and oxygen atoms in total. The molecular weight excluding hydrogens is 264 g/mol. The lowest BCUT2D eigenvalue weighted by Crippen LogP contribution is -2.57. The van der Waals surface area contributed by atoms with Crippen LogP contribution >= 0.6 is 0 Å². The van der Waals surface area contributed by atoms with Crippen LogP contribution in [0, 0.1) is 0 Å². The molecule has 1 aliphatic heterocycles. The number of nitrogens with one attached hydrogen (secondary N) is 1. The minimum atomic E-state index is -0.305. The monoisotopic (exact) mass is 286 g/mol. The van der Waals surface area contributed by atoms with Crippen molar-refractivity contribution in [1.82, 2.24) is 10.2 Å². The van der Waals surface area contributed by atoms with E-state index in [0.29, 0.717) is 25.9 Å². The summed E-state index contributed by atoms with van der Waals surface area (Å²) < 4.78 is 0. The van der Waals surface area contributed by atoms with Crippen molar-refractivity contribution in [3.8, 4) is 0 Å². The summed E-state index contributed by atoms with van der Waals surface area (Å²) >= 11 is 0. The van der Waals surface area contributed by atoms with Gasteiger partial charge in [-0.1, -0.05) is 25.1 Å². The average molecular weight is 286 g/mol. The predicted octanol–water partition coefficient (Wildman–Crippen LogP) is 1.45. The fourth-order valence-corrected chi connectivity index (χ4v) is 3.43. The Morgan fingerprint density at radius 2 is 2.14 bits per heavy atom. The summed E-state index contributed by atoms with van der Waals surface area (Å²) in [6.45, 7) is 3.13. The van der Waals surface area contributed by atoms with Crippen LogP contribution in [0.3, 0.4) is 0 Å². The van der Waals surface area contributed by atoms with E-state index in [1.165, 1.54) is 17.5 Å². The molecule has 4 heteroatoms. The molecule has 0 radical (unpaired) electrons. The molecule has 3 rings (SSSR count). The molecule has 2 aliphatic rings. The molecule has 1 atom stereocenters. The lowest BCUT2D eigenvalue weighted by atomic mass is 10.0. The van der Waals surface area contributed by atoms with Crippen molar-refractivity contribution < 1.29 is 9.59 Å². The summed E-state index contributed by atoms with van der Waals surface area (Å²) in [6, 6.07) is 6.09. The molecule has 21 heavy (non-hydrogen) atoms. The molecule has 112 valence electrons. The van der Waals surface area contributed by atoms with Gasteiger partial charge in [-0.2, -0.15) is 0 Å². The number of carbonyl (C=O) groups is 2. The largest absolute Gasteiger partial charge is 0.353 e. The van der Waals surface area contributed by atoms with Crippen molar-refractivity contribution in [2.45, 2.75) is 45.1 Å². The van der Waals surface area contributed by atoms with E-state index in [-0.39, 0.29) is 17.9 Å². The molecule has 1 heterocycles. The van der Waals surface area contributed by atoms with Gasteiger partial charge in [0, 0.05) is 13.1 Å². The van der Waals surface area contributed by atoms with Gasteiger partial charge in [0.15, 0.2) is 0 Å². The molecule has 0 spiro atoms. The normalized spacial score (nSPS) is 21.1. The van der Waals surface area contributed by atoms with Crippen molar-refractivity contribution in [2.24, 2.45) is 0 Å². The first-order valence-corrected chi connectivity index (χ1v) is 7.87. The minimum absolute atomic E-state index is 0.0222. The minimum Gasteiger partial charge on any atom is -0.353 e. The summed E-state index contributed by atoms with van der Waals surface area (Å²) in [4.78, 5) is 26.1. The zero-order chi connectivity index (χ0) is 14.8. The predicted molar refractivity (Wildman–Crippen MR) is 81.0 cm³/mol. The Bertz CT molecular complexity index is 568. The highest BCUT2D eigenvalue weighted by atomic mass is 16.2. The summed E-state index contributed by atoms with van der Waals surface area (Å²) in [5, 5.41) is 2.83. The maximum absolute atomic E-state index is 12.5. The number of aryl methyl sites for hydroxylation is 2. The van der Waals surface area contributed by atoms with Crippen LogP contribution in [0.5, 0.6) is 0 Å². The topological polar surface area (TPSA) is 49.4 Å². The van der Waals surface area contributed by atoms with Gasteiger partial charge in [-0.15, -0.1) is 0 Å². The molecule has 1 aromatic rings. The first-order valence-electron chi connectivity index (χ1n) is 7.87. The fraction of sp³-hybridized carbons (Fsp3) is 0.529. The highest BCUT2D eigenvalue weighted by molar-refractivity contribution is 5.89. The van der Waals surface area contributed by atoms with E-state index in [9.17, 15) is 9.59 Å². The van der Waals surface area contributed by atoms with Gasteiger partial charge in [0.1, 0.15) is 6.04 Å². The van der Waals surface area contributed by atoms with Crippen LogP contribution in [0.4, 0.5) is 0 Å². The zero-order valence-electron chi connectivity index (χ0n) is 12.5. The Kier molecular flexibility index (Phi) is 3.95. The first kappa shape index (κ1) is 14.1. The molecule has 1 fully saturated rings. The molecule has 0 saturated carbocycles. The maximum Gasteiger partial charge on any atom is 0.242 e. The third-order valence-corrected chi connectivity index (χ3v) is 4.56. The Labute approximate surface area is 125 Å². The summed E-state index contributed by atoms with van der Waals surface area (Å²) in [6.07, 6.45) is 4.57. The number of amides is 2. The van der Waals surface area contributed by atoms with Gasteiger partial charge in [-0.05, 0) is 42.4 Å². The second-order valence-corrected chi connectivity index (χ2v) is 5.94. The Balaban J connectivity index is 1.72. The van der Waals surface area contributed by atoms with Gasteiger partial charge in [-0.3, -0.25) is 9.59 Å². The molecule has 0 aromatic heterocycles. The van der Waals surface area contributed by atoms with E-state index in [1.54, 1.807) is 4.90 Å². The highest BCUT2D eigenvalue weighted by Crippen LogP contribution is 2.23. The van der Waals surface area contributed by atoms with E-state index in [1.807, 2.05) is 6.92 Å². The van der Waals surface area contributed by atoms with Crippen molar-refractivity contribution in [3.63, 3.8) is 0 Å². The van der Waals surface area contributed by atoms with E-state index < -0.39 is 0 Å². The number of rotatable bonds is 3. The van der Waals surface area contributed by atoms with Gasteiger partial charge >= 0.3 is 0 Å². The zero-order valence-corrected chi connectivity index (χ0v) is 12.5. The van der Waals surface area contributed by atoms with E-state index in [2.05, 4.69) is 23.5 Å². The SMILES string of the molecule is CCC1C(=O)NCCN1C(=O)Cc1ccc2c(c1)CCC2. The Morgan fingerprint density at radius 3 is 2.95 bits per heavy atom. The number of fused-ring (bicyclic) bond motifs is 1. The number of hydrogen-bond acceptors (Lipinski definition) is 2. The average Bonchev–Trinajstić information content (AvgIpc) is 2.94. The summed E-state index contributed by atoms with van der Waals surface area (Å²) in [5.74, 6) is 0.0423. The highest BCUT2D eigenvalue weighted by Gasteiger charge is 2.31. The smallest absolute Gasteiger partial charge is 0.242 e.